The van der Waals surface area contributed by atoms with Gasteiger partial charge in [-0.1, -0.05) is 0 Å². The quantitative estimate of drug-likeness (QED) is 0.907. The zero-order chi connectivity index (χ0) is 13.3. The molecule has 1 aromatic rings. The fourth-order valence-corrected chi connectivity index (χ4v) is 5.39. The van der Waals surface area contributed by atoms with Crippen molar-refractivity contribution >= 4 is 21.5 Å². The molecule has 19 heavy (non-hydrogen) atoms. The van der Waals surface area contributed by atoms with Crippen LogP contribution in [0.3, 0.4) is 0 Å². The number of thiophene rings is 1. The van der Waals surface area contributed by atoms with Gasteiger partial charge < -0.3 is 5.32 Å². The van der Waals surface area contributed by atoms with E-state index in [-0.39, 0.29) is 6.04 Å². The molecule has 1 unspecified atom stereocenters. The second-order valence-electron chi connectivity index (χ2n) is 4.98. The van der Waals surface area contributed by atoms with Crippen LogP contribution in [0.4, 0.5) is 0 Å². The summed E-state index contributed by atoms with van der Waals surface area (Å²) in [5, 5.41) is 7.28. The molecule has 0 spiro atoms. The SMILES string of the molecule is O=S(=O)(N1CCNCC1)N1CCCC1c1ccsc1. The molecule has 0 amide bonds. The van der Waals surface area contributed by atoms with Crippen LogP contribution in [0.15, 0.2) is 16.8 Å². The summed E-state index contributed by atoms with van der Waals surface area (Å²) in [6.45, 7) is 3.30. The molecule has 1 aromatic heterocycles. The van der Waals surface area contributed by atoms with Crippen molar-refractivity contribution in [3.63, 3.8) is 0 Å². The summed E-state index contributed by atoms with van der Waals surface area (Å²) in [6.07, 6.45) is 1.88. The largest absolute Gasteiger partial charge is 0.314 e. The third-order valence-electron chi connectivity index (χ3n) is 3.83. The van der Waals surface area contributed by atoms with Gasteiger partial charge in [-0.25, -0.2) is 0 Å². The van der Waals surface area contributed by atoms with Crippen molar-refractivity contribution in [1.29, 1.82) is 0 Å². The van der Waals surface area contributed by atoms with Crippen LogP contribution in [0, 0.1) is 0 Å². The van der Waals surface area contributed by atoms with Gasteiger partial charge in [0.1, 0.15) is 0 Å². The van der Waals surface area contributed by atoms with Gasteiger partial charge in [0.25, 0.3) is 10.2 Å². The van der Waals surface area contributed by atoms with Crippen molar-refractivity contribution in [3.05, 3.63) is 22.4 Å². The lowest BCUT2D eigenvalue weighted by molar-refractivity contribution is 0.304. The average molecular weight is 301 g/mol. The molecular weight excluding hydrogens is 282 g/mol. The lowest BCUT2D eigenvalue weighted by Crippen LogP contribution is -2.51. The molecule has 0 radical (unpaired) electrons. The predicted molar refractivity (Wildman–Crippen MR) is 76.4 cm³/mol. The molecule has 3 heterocycles. The standard InChI is InChI=1S/C12H19N3O2S2/c16-19(17,14-7-4-13-5-8-14)15-6-1-2-12(15)11-3-9-18-10-11/h3,9-10,12-13H,1-2,4-8H2. The van der Waals surface area contributed by atoms with Crippen LogP contribution in [0.2, 0.25) is 0 Å². The first-order chi connectivity index (χ1) is 9.19. The number of nitrogens with one attached hydrogen (secondary N) is 1. The Labute approximate surface area is 118 Å². The van der Waals surface area contributed by atoms with Crippen LogP contribution in [0.25, 0.3) is 0 Å². The zero-order valence-corrected chi connectivity index (χ0v) is 12.4. The van der Waals surface area contributed by atoms with Crippen LogP contribution in [-0.2, 0) is 10.2 Å². The number of hydrogen-bond donors (Lipinski definition) is 1. The van der Waals surface area contributed by atoms with Crippen LogP contribution >= 0.6 is 11.3 Å². The second kappa shape index (κ2) is 5.49. The van der Waals surface area contributed by atoms with Crippen molar-refractivity contribution in [3.8, 4) is 0 Å². The Morgan fingerprint density at radius 1 is 1.26 bits per heavy atom. The second-order valence-corrected chi connectivity index (χ2v) is 7.64. The Bertz CT molecular complexity index is 509. The van der Waals surface area contributed by atoms with Gasteiger partial charge in [-0.15, -0.1) is 0 Å². The molecule has 1 atom stereocenters. The lowest BCUT2D eigenvalue weighted by Gasteiger charge is -2.33. The number of hydrogen-bond acceptors (Lipinski definition) is 4. The van der Waals surface area contributed by atoms with E-state index in [0.29, 0.717) is 19.6 Å². The molecule has 0 bridgehead atoms. The summed E-state index contributed by atoms with van der Waals surface area (Å²) in [4.78, 5) is 0. The molecule has 2 aliphatic heterocycles. The third kappa shape index (κ3) is 2.57. The summed E-state index contributed by atoms with van der Waals surface area (Å²) in [7, 11) is -3.31. The normalized spacial score (nSPS) is 26.8. The summed E-state index contributed by atoms with van der Waals surface area (Å²) in [6, 6.07) is 2.08. The van der Waals surface area contributed by atoms with E-state index in [1.807, 2.05) is 11.4 Å². The number of piperazine rings is 1. The van der Waals surface area contributed by atoms with E-state index >= 15 is 0 Å². The molecule has 3 rings (SSSR count). The molecule has 0 aromatic carbocycles. The lowest BCUT2D eigenvalue weighted by atomic mass is 10.1. The highest BCUT2D eigenvalue weighted by molar-refractivity contribution is 7.86. The molecule has 5 nitrogen and oxygen atoms in total. The zero-order valence-electron chi connectivity index (χ0n) is 10.8. The highest BCUT2D eigenvalue weighted by atomic mass is 32.2. The van der Waals surface area contributed by atoms with Gasteiger partial charge in [-0.2, -0.15) is 28.4 Å². The van der Waals surface area contributed by atoms with E-state index in [1.54, 1.807) is 19.9 Å². The van der Waals surface area contributed by atoms with E-state index in [0.717, 1.165) is 31.5 Å². The van der Waals surface area contributed by atoms with Crippen LogP contribution < -0.4 is 5.32 Å². The summed E-state index contributed by atoms with van der Waals surface area (Å²) in [5.74, 6) is 0. The molecular formula is C12H19N3O2S2. The number of rotatable bonds is 3. The first-order valence-electron chi connectivity index (χ1n) is 6.69. The van der Waals surface area contributed by atoms with Gasteiger partial charge in [0.2, 0.25) is 0 Å². The van der Waals surface area contributed by atoms with Gasteiger partial charge in [0.05, 0.1) is 6.04 Å². The molecule has 0 aliphatic carbocycles. The van der Waals surface area contributed by atoms with Gasteiger partial charge in [-0.3, -0.25) is 0 Å². The van der Waals surface area contributed by atoms with E-state index in [1.165, 1.54) is 0 Å². The Morgan fingerprint density at radius 2 is 2.05 bits per heavy atom. The third-order valence-corrected chi connectivity index (χ3v) is 6.58. The predicted octanol–water partition coefficient (Wildman–Crippen LogP) is 1.03. The molecule has 0 saturated carbocycles. The molecule has 2 aliphatic rings. The van der Waals surface area contributed by atoms with Crippen molar-refractivity contribution in [1.82, 2.24) is 13.9 Å². The summed E-state index contributed by atoms with van der Waals surface area (Å²) in [5.41, 5.74) is 1.14. The minimum atomic E-state index is -3.31. The van der Waals surface area contributed by atoms with Gasteiger partial charge in [0.15, 0.2) is 0 Å². The van der Waals surface area contributed by atoms with Gasteiger partial charge in [-0.05, 0) is 35.2 Å². The molecule has 106 valence electrons. The van der Waals surface area contributed by atoms with Crippen LogP contribution in [0.1, 0.15) is 24.4 Å². The highest BCUT2D eigenvalue weighted by Gasteiger charge is 2.39. The maximum Gasteiger partial charge on any atom is 0.282 e. The van der Waals surface area contributed by atoms with Gasteiger partial charge >= 0.3 is 0 Å². The minimum Gasteiger partial charge on any atom is -0.314 e. The topological polar surface area (TPSA) is 52.7 Å². The van der Waals surface area contributed by atoms with E-state index in [9.17, 15) is 8.42 Å². The van der Waals surface area contributed by atoms with Crippen molar-refractivity contribution in [2.24, 2.45) is 0 Å². The van der Waals surface area contributed by atoms with Crippen molar-refractivity contribution < 1.29 is 8.42 Å². The minimum absolute atomic E-state index is 0.0335. The first kappa shape index (κ1) is 13.5. The Morgan fingerprint density at radius 3 is 2.74 bits per heavy atom. The monoisotopic (exact) mass is 301 g/mol. The van der Waals surface area contributed by atoms with E-state index < -0.39 is 10.2 Å². The smallest absolute Gasteiger partial charge is 0.282 e. The first-order valence-corrected chi connectivity index (χ1v) is 9.03. The Kier molecular flexibility index (Phi) is 3.91. The summed E-state index contributed by atoms with van der Waals surface area (Å²) >= 11 is 1.63. The van der Waals surface area contributed by atoms with E-state index in [4.69, 9.17) is 0 Å². The summed E-state index contributed by atoms with van der Waals surface area (Å²) < 4.78 is 28.8. The fourth-order valence-electron chi connectivity index (χ4n) is 2.84. The van der Waals surface area contributed by atoms with E-state index in [2.05, 4.69) is 10.7 Å². The maximum atomic E-state index is 12.7. The Balaban J connectivity index is 1.83. The molecule has 2 fully saturated rings. The van der Waals surface area contributed by atoms with Crippen LogP contribution in [0.5, 0.6) is 0 Å². The Hall–Kier alpha value is -0.470. The van der Waals surface area contributed by atoms with Crippen molar-refractivity contribution in [2.75, 3.05) is 32.7 Å². The molecule has 7 heteroatoms. The molecule has 2 saturated heterocycles. The fraction of sp³-hybridized carbons (Fsp3) is 0.667. The molecule has 1 N–H and O–H groups in total. The maximum absolute atomic E-state index is 12.7. The number of nitrogens with zero attached hydrogens (tertiary/aromatic N) is 2. The van der Waals surface area contributed by atoms with Crippen LogP contribution in [-0.4, -0.2) is 49.8 Å². The van der Waals surface area contributed by atoms with Gasteiger partial charge in [0, 0.05) is 32.7 Å². The van der Waals surface area contributed by atoms with Crippen molar-refractivity contribution in [2.45, 2.75) is 18.9 Å². The highest BCUT2D eigenvalue weighted by Crippen LogP contribution is 2.36. The average Bonchev–Trinajstić information content (AvgIpc) is 3.10.